The molecule has 0 spiro atoms. The van der Waals surface area contributed by atoms with Crippen molar-refractivity contribution in [3.05, 3.63) is 48.8 Å². The number of thioether (sulfide) groups is 1. The van der Waals surface area contributed by atoms with Crippen molar-refractivity contribution in [2.45, 2.75) is 22.3 Å². The van der Waals surface area contributed by atoms with Crippen LogP contribution in [0.2, 0.25) is 0 Å². The summed E-state index contributed by atoms with van der Waals surface area (Å²) in [5.74, 6) is 0.749. The number of amides is 1. The minimum absolute atomic E-state index is 0. The van der Waals surface area contributed by atoms with Gasteiger partial charge in [-0.3, -0.25) is 9.78 Å². The Morgan fingerprint density at radius 2 is 1.78 bits per heavy atom. The fourth-order valence-corrected chi connectivity index (χ4v) is 3.05. The molecule has 7 heteroatoms. The summed E-state index contributed by atoms with van der Waals surface area (Å²) in [4.78, 5) is 18.2. The Morgan fingerprint density at radius 3 is 2.39 bits per heavy atom. The van der Waals surface area contributed by atoms with E-state index in [0.29, 0.717) is 6.42 Å². The summed E-state index contributed by atoms with van der Waals surface area (Å²) in [5, 5.41) is 2.85. The van der Waals surface area contributed by atoms with Gasteiger partial charge in [0.2, 0.25) is 5.91 Å². The van der Waals surface area contributed by atoms with Crippen LogP contribution in [0.25, 0.3) is 0 Å². The third kappa shape index (κ3) is 6.83. The molecule has 1 heterocycles. The van der Waals surface area contributed by atoms with Crippen LogP contribution in [-0.4, -0.2) is 28.9 Å². The third-order valence-electron chi connectivity index (χ3n) is 2.98. The van der Waals surface area contributed by atoms with Crippen molar-refractivity contribution in [1.82, 2.24) is 4.98 Å². The number of nitrogens with two attached hydrogens (primary N) is 1. The lowest BCUT2D eigenvalue weighted by Gasteiger charge is -2.12. The maximum atomic E-state index is 11.9. The number of anilines is 1. The number of hydrogen-bond acceptors (Lipinski definition) is 5. The van der Waals surface area contributed by atoms with E-state index in [2.05, 4.69) is 10.3 Å². The van der Waals surface area contributed by atoms with Gasteiger partial charge in [-0.1, -0.05) is 11.8 Å². The molecule has 124 valence electrons. The van der Waals surface area contributed by atoms with Gasteiger partial charge in [0.05, 0.1) is 6.04 Å². The number of carbonyl (C=O) groups excluding carboxylic acids is 1. The molecule has 4 nitrogen and oxygen atoms in total. The third-order valence-corrected chi connectivity index (χ3v) is 4.64. The van der Waals surface area contributed by atoms with E-state index < -0.39 is 6.04 Å². The molecule has 1 aromatic heterocycles. The molecule has 2 rings (SSSR count). The molecule has 1 amide bonds. The zero-order chi connectivity index (χ0) is 15.8. The zero-order valence-electron chi connectivity index (χ0n) is 12.8. The molecule has 1 unspecified atom stereocenters. The minimum Gasteiger partial charge on any atom is -0.325 e. The molecule has 1 atom stereocenters. The van der Waals surface area contributed by atoms with Gasteiger partial charge in [-0.15, -0.1) is 12.4 Å². The Labute approximate surface area is 151 Å². The van der Waals surface area contributed by atoms with Gasteiger partial charge in [-0.2, -0.15) is 11.8 Å². The topological polar surface area (TPSA) is 68.0 Å². The predicted molar refractivity (Wildman–Crippen MR) is 102 cm³/mol. The second-order valence-corrected chi connectivity index (χ2v) is 6.82. The molecule has 0 saturated carbocycles. The van der Waals surface area contributed by atoms with Crippen molar-refractivity contribution in [1.29, 1.82) is 0 Å². The Hall–Kier alpha value is -1.21. The highest BCUT2D eigenvalue weighted by Gasteiger charge is 2.12. The number of pyridine rings is 1. The molecular weight excluding hydrogens is 350 g/mol. The number of nitrogens with one attached hydrogen (secondary N) is 1. The molecule has 1 aromatic carbocycles. The number of nitrogens with zero attached hydrogens (tertiary/aromatic N) is 1. The second-order valence-electron chi connectivity index (χ2n) is 4.69. The SMILES string of the molecule is CSCCC(N)C(=O)Nc1ccc(Sc2ccncc2)cc1.Cl. The Morgan fingerprint density at radius 1 is 1.17 bits per heavy atom. The first-order valence-corrected chi connectivity index (χ1v) is 9.13. The molecule has 0 saturated heterocycles. The average molecular weight is 370 g/mol. The molecule has 0 bridgehead atoms. The predicted octanol–water partition coefficient (Wildman–Crippen LogP) is 3.67. The van der Waals surface area contributed by atoms with Crippen LogP contribution >= 0.6 is 35.9 Å². The van der Waals surface area contributed by atoms with Crippen molar-refractivity contribution in [2.24, 2.45) is 5.73 Å². The van der Waals surface area contributed by atoms with Crippen LogP contribution in [0, 0.1) is 0 Å². The normalized spacial score (nSPS) is 11.4. The van der Waals surface area contributed by atoms with Gasteiger partial charge in [0, 0.05) is 27.9 Å². The maximum absolute atomic E-state index is 11.9. The van der Waals surface area contributed by atoms with Gasteiger partial charge in [-0.05, 0) is 54.8 Å². The summed E-state index contributed by atoms with van der Waals surface area (Å²) in [7, 11) is 0. The highest BCUT2D eigenvalue weighted by molar-refractivity contribution is 7.99. The van der Waals surface area contributed by atoms with Crippen LogP contribution < -0.4 is 11.1 Å². The van der Waals surface area contributed by atoms with Crippen LogP contribution in [-0.2, 0) is 4.79 Å². The monoisotopic (exact) mass is 369 g/mol. The van der Waals surface area contributed by atoms with Gasteiger partial charge < -0.3 is 11.1 Å². The van der Waals surface area contributed by atoms with E-state index in [9.17, 15) is 4.79 Å². The van der Waals surface area contributed by atoms with Crippen molar-refractivity contribution in [3.63, 3.8) is 0 Å². The summed E-state index contributed by atoms with van der Waals surface area (Å²) < 4.78 is 0. The van der Waals surface area contributed by atoms with Crippen LogP contribution in [0.15, 0.2) is 58.6 Å². The standard InChI is InChI=1S/C16H19N3OS2.ClH/c1-21-11-8-15(17)16(20)19-12-2-4-13(5-3-12)22-14-6-9-18-10-7-14;/h2-7,9-10,15H,8,11,17H2,1H3,(H,19,20);1H. The Balaban J connectivity index is 0.00000264. The van der Waals surface area contributed by atoms with Gasteiger partial charge in [0.25, 0.3) is 0 Å². The molecule has 0 aliphatic carbocycles. The maximum Gasteiger partial charge on any atom is 0.241 e. The van der Waals surface area contributed by atoms with E-state index in [1.165, 1.54) is 0 Å². The lowest BCUT2D eigenvalue weighted by molar-refractivity contribution is -0.117. The minimum atomic E-state index is -0.460. The molecule has 0 radical (unpaired) electrons. The number of halogens is 1. The molecule has 0 aliphatic rings. The fourth-order valence-electron chi connectivity index (χ4n) is 1.76. The van der Waals surface area contributed by atoms with Gasteiger partial charge >= 0.3 is 0 Å². The molecule has 3 N–H and O–H groups in total. The smallest absolute Gasteiger partial charge is 0.241 e. The van der Waals surface area contributed by atoms with Crippen molar-refractivity contribution in [3.8, 4) is 0 Å². The van der Waals surface area contributed by atoms with Crippen LogP contribution in [0.1, 0.15) is 6.42 Å². The summed E-state index contributed by atoms with van der Waals surface area (Å²) >= 11 is 3.34. The van der Waals surface area contributed by atoms with Crippen molar-refractivity contribution >= 4 is 47.5 Å². The summed E-state index contributed by atoms with van der Waals surface area (Å²) in [6.07, 6.45) is 6.23. The quantitative estimate of drug-likeness (QED) is 0.779. The number of hydrogen-bond donors (Lipinski definition) is 2. The molecule has 0 aliphatic heterocycles. The number of aromatic nitrogens is 1. The Kier molecular flexibility index (Phi) is 9.09. The molecule has 2 aromatic rings. The second kappa shape index (κ2) is 10.5. The highest BCUT2D eigenvalue weighted by atomic mass is 35.5. The average Bonchev–Trinajstić information content (AvgIpc) is 2.55. The lowest BCUT2D eigenvalue weighted by atomic mass is 10.2. The van der Waals surface area contributed by atoms with Crippen LogP contribution in [0.5, 0.6) is 0 Å². The highest BCUT2D eigenvalue weighted by Crippen LogP contribution is 2.27. The fraction of sp³-hybridized carbons (Fsp3) is 0.250. The molecule has 23 heavy (non-hydrogen) atoms. The van der Waals surface area contributed by atoms with Gasteiger partial charge in [0.15, 0.2) is 0 Å². The lowest BCUT2D eigenvalue weighted by Crippen LogP contribution is -2.36. The van der Waals surface area contributed by atoms with Gasteiger partial charge in [0.1, 0.15) is 0 Å². The van der Waals surface area contributed by atoms with E-state index in [4.69, 9.17) is 5.73 Å². The largest absolute Gasteiger partial charge is 0.325 e. The molecule has 0 fully saturated rings. The van der Waals surface area contributed by atoms with Crippen LogP contribution in [0.4, 0.5) is 5.69 Å². The summed E-state index contributed by atoms with van der Waals surface area (Å²) in [6, 6.07) is 11.2. The first-order valence-electron chi connectivity index (χ1n) is 6.92. The van der Waals surface area contributed by atoms with E-state index in [-0.39, 0.29) is 18.3 Å². The Bertz CT molecular complexity index is 596. The number of carbonyl (C=O) groups is 1. The summed E-state index contributed by atoms with van der Waals surface area (Å²) in [6.45, 7) is 0. The molecular formula is C16H20ClN3OS2. The van der Waals surface area contributed by atoms with Crippen molar-refractivity contribution < 1.29 is 4.79 Å². The van der Waals surface area contributed by atoms with Gasteiger partial charge in [-0.25, -0.2) is 0 Å². The van der Waals surface area contributed by atoms with Crippen molar-refractivity contribution in [2.75, 3.05) is 17.3 Å². The van der Waals surface area contributed by atoms with E-state index >= 15 is 0 Å². The summed E-state index contributed by atoms with van der Waals surface area (Å²) in [5.41, 5.74) is 6.62. The van der Waals surface area contributed by atoms with E-state index in [1.54, 1.807) is 35.9 Å². The van der Waals surface area contributed by atoms with E-state index in [1.807, 2.05) is 42.7 Å². The first-order chi connectivity index (χ1) is 10.7. The first kappa shape index (κ1) is 19.8. The zero-order valence-corrected chi connectivity index (χ0v) is 15.2. The van der Waals surface area contributed by atoms with Crippen LogP contribution in [0.3, 0.4) is 0 Å². The van der Waals surface area contributed by atoms with E-state index in [0.717, 1.165) is 21.2 Å². The number of benzene rings is 1. The number of rotatable bonds is 7.